The SMILES string of the molecule is COC(=O)C1=C(C)N(Cc2ccccc2)C=CC1CCN1CCc2cc(OC)ccc2C1=O. The van der Waals surface area contributed by atoms with Crippen molar-refractivity contribution in [3.8, 4) is 5.75 Å². The zero-order valence-corrected chi connectivity index (χ0v) is 19.4. The van der Waals surface area contributed by atoms with E-state index in [1.165, 1.54) is 12.7 Å². The lowest BCUT2D eigenvalue weighted by molar-refractivity contribution is -0.136. The van der Waals surface area contributed by atoms with E-state index in [0.29, 0.717) is 31.6 Å². The molecule has 0 spiro atoms. The number of methoxy groups -OCH3 is 2. The van der Waals surface area contributed by atoms with Gasteiger partial charge in [-0.1, -0.05) is 36.4 Å². The van der Waals surface area contributed by atoms with Crippen LogP contribution in [0.4, 0.5) is 0 Å². The lowest BCUT2D eigenvalue weighted by Crippen LogP contribution is -2.39. The molecule has 4 rings (SSSR count). The van der Waals surface area contributed by atoms with Crippen molar-refractivity contribution in [3.05, 3.63) is 88.8 Å². The molecule has 33 heavy (non-hydrogen) atoms. The van der Waals surface area contributed by atoms with Crippen LogP contribution < -0.4 is 4.74 Å². The Morgan fingerprint density at radius 2 is 1.91 bits per heavy atom. The van der Waals surface area contributed by atoms with E-state index in [0.717, 1.165) is 29.0 Å². The molecule has 0 fully saturated rings. The molecular weight excluding hydrogens is 416 g/mol. The van der Waals surface area contributed by atoms with Crippen LogP contribution in [-0.2, 0) is 22.5 Å². The molecule has 0 saturated heterocycles. The minimum atomic E-state index is -0.317. The number of carbonyl (C=O) groups is 2. The normalized spacial score (nSPS) is 17.8. The van der Waals surface area contributed by atoms with Gasteiger partial charge in [-0.15, -0.1) is 0 Å². The molecule has 172 valence electrons. The Kier molecular flexibility index (Phi) is 6.82. The fourth-order valence-electron chi connectivity index (χ4n) is 4.59. The summed E-state index contributed by atoms with van der Waals surface area (Å²) in [5.74, 6) is 0.382. The van der Waals surface area contributed by atoms with Crippen molar-refractivity contribution in [3.63, 3.8) is 0 Å². The second-order valence-electron chi connectivity index (χ2n) is 8.41. The van der Waals surface area contributed by atoms with Gasteiger partial charge in [0.15, 0.2) is 0 Å². The Morgan fingerprint density at radius 1 is 1.12 bits per heavy atom. The van der Waals surface area contributed by atoms with E-state index in [1.807, 2.05) is 54.4 Å². The maximum atomic E-state index is 13.0. The molecule has 0 aromatic heterocycles. The summed E-state index contributed by atoms with van der Waals surface area (Å²) in [6.45, 7) is 3.88. The van der Waals surface area contributed by atoms with E-state index in [4.69, 9.17) is 9.47 Å². The van der Waals surface area contributed by atoms with Crippen molar-refractivity contribution in [2.45, 2.75) is 26.3 Å². The highest BCUT2D eigenvalue weighted by atomic mass is 16.5. The first-order chi connectivity index (χ1) is 16.0. The molecule has 0 aliphatic carbocycles. The summed E-state index contributed by atoms with van der Waals surface area (Å²) in [7, 11) is 3.05. The van der Waals surface area contributed by atoms with E-state index in [1.54, 1.807) is 7.11 Å². The topological polar surface area (TPSA) is 59.1 Å². The molecule has 2 aliphatic heterocycles. The first-order valence-corrected chi connectivity index (χ1v) is 11.3. The Hall–Kier alpha value is -3.54. The van der Waals surface area contributed by atoms with Gasteiger partial charge in [-0.2, -0.15) is 0 Å². The van der Waals surface area contributed by atoms with Crippen LogP contribution in [0.2, 0.25) is 0 Å². The van der Waals surface area contributed by atoms with Crippen molar-refractivity contribution < 1.29 is 19.1 Å². The van der Waals surface area contributed by atoms with Gasteiger partial charge in [-0.25, -0.2) is 4.79 Å². The molecule has 0 radical (unpaired) electrons. The molecule has 1 amide bonds. The minimum absolute atomic E-state index is 0.0321. The Bertz CT molecular complexity index is 1090. The summed E-state index contributed by atoms with van der Waals surface area (Å²) >= 11 is 0. The number of rotatable bonds is 7. The minimum Gasteiger partial charge on any atom is -0.497 e. The highest BCUT2D eigenvalue weighted by Gasteiger charge is 2.30. The quantitative estimate of drug-likeness (QED) is 0.598. The van der Waals surface area contributed by atoms with Gasteiger partial charge in [0, 0.05) is 43.0 Å². The Labute approximate surface area is 195 Å². The highest BCUT2D eigenvalue weighted by molar-refractivity contribution is 5.97. The van der Waals surface area contributed by atoms with E-state index in [9.17, 15) is 9.59 Å². The van der Waals surface area contributed by atoms with Crippen molar-refractivity contribution in [1.82, 2.24) is 9.80 Å². The zero-order valence-electron chi connectivity index (χ0n) is 19.4. The van der Waals surface area contributed by atoms with Gasteiger partial charge in [-0.3, -0.25) is 4.79 Å². The van der Waals surface area contributed by atoms with Gasteiger partial charge in [0.25, 0.3) is 5.91 Å². The third-order valence-corrected chi connectivity index (χ3v) is 6.48. The molecular formula is C27H30N2O4. The first-order valence-electron chi connectivity index (χ1n) is 11.3. The summed E-state index contributed by atoms with van der Waals surface area (Å²) in [6, 6.07) is 15.8. The molecule has 0 saturated carbocycles. The maximum absolute atomic E-state index is 13.0. The van der Waals surface area contributed by atoms with Crippen LogP contribution in [0.1, 0.15) is 34.8 Å². The first kappa shape index (κ1) is 22.6. The molecule has 2 aromatic carbocycles. The molecule has 2 aliphatic rings. The summed E-state index contributed by atoms with van der Waals surface area (Å²) in [6.07, 6.45) is 5.55. The van der Waals surface area contributed by atoms with Crippen molar-refractivity contribution in [2.24, 2.45) is 5.92 Å². The van der Waals surface area contributed by atoms with Crippen LogP contribution in [0.3, 0.4) is 0 Å². The number of fused-ring (bicyclic) bond motifs is 1. The van der Waals surface area contributed by atoms with Crippen LogP contribution in [0.25, 0.3) is 0 Å². The fourth-order valence-corrected chi connectivity index (χ4v) is 4.59. The summed E-state index contributed by atoms with van der Waals surface area (Å²) in [5.41, 5.74) is 4.47. The van der Waals surface area contributed by atoms with Gasteiger partial charge in [0.05, 0.1) is 19.8 Å². The largest absolute Gasteiger partial charge is 0.497 e. The molecule has 0 N–H and O–H groups in total. The lowest BCUT2D eigenvalue weighted by atomic mass is 9.90. The fraction of sp³-hybridized carbons (Fsp3) is 0.333. The molecule has 1 atom stereocenters. The lowest BCUT2D eigenvalue weighted by Gasteiger charge is -2.33. The van der Waals surface area contributed by atoms with Gasteiger partial charge in [0.2, 0.25) is 0 Å². The molecule has 6 heteroatoms. The predicted octanol–water partition coefficient (Wildman–Crippen LogP) is 4.18. The number of allylic oxidation sites excluding steroid dienone is 2. The monoisotopic (exact) mass is 446 g/mol. The number of carbonyl (C=O) groups excluding carboxylic acids is 2. The van der Waals surface area contributed by atoms with E-state index in [-0.39, 0.29) is 17.8 Å². The number of hydrogen-bond donors (Lipinski definition) is 0. The molecule has 6 nitrogen and oxygen atoms in total. The van der Waals surface area contributed by atoms with Crippen LogP contribution in [0.5, 0.6) is 5.75 Å². The van der Waals surface area contributed by atoms with Crippen LogP contribution >= 0.6 is 0 Å². The van der Waals surface area contributed by atoms with Gasteiger partial charge in [-0.05, 0) is 49.1 Å². The zero-order chi connectivity index (χ0) is 23.4. The number of hydrogen-bond acceptors (Lipinski definition) is 5. The van der Waals surface area contributed by atoms with Crippen molar-refractivity contribution in [1.29, 1.82) is 0 Å². The summed E-state index contributed by atoms with van der Waals surface area (Å²) < 4.78 is 10.4. The molecule has 2 aromatic rings. The van der Waals surface area contributed by atoms with Crippen LogP contribution in [-0.4, -0.2) is 49.0 Å². The molecule has 0 bridgehead atoms. The smallest absolute Gasteiger partial charge is 0.336 e. The summed E-state index contributed by atoms with van der Waals surface area (Å²) in [4.78, 5) is 29.7. The van der Waals surface area contributed by atoms with Crippen LogP contribution in [0, 0.1) is 5.92 Å². The van der Waals surface area contributed by atoms with Crippen molar-refractivity contribution in [2.75, 3.05) is 27.3 Å². The van der Waals surface area contributed by atoms with E-state index < -0.39 is 0 Å². The van der Waals surface area contributed by atoms with E-state index >= 15 is 0 Å². The second-order valence-corrected chi connectivity index (χ2v) is 8.41. The average Bonchev–Trinajstić information content (AvgIpc) is 2.85. The van der Waals surface area contributed by atoms with Gasteiger partial charge >= 0.3 is 5.97 Å². The molecule has 2 heterocycles. The standard InChI is InChI=1S/C27H30N2O4/c1-19-25(27(31)33-3)21(12-16-29(19)18-20-7-5-4-6-8-20)11-14-28-15-13-22-17-23(32-2)9-10-24(22)26(28)30/h4-10,12,16-17,21H,11,13-15,18H2,1-3H3. The highest BCUT2D eigenvalue weighted by Crippen LogP contribution is 2.31. The van der Waals surface area contributed by atoms with E-state index in [2.05, 4.69) is 23.1 Å². The van der Waals surface area contributed by atoms with Crippen LogP contribution in [0.15, 0.2) is 72.1 Å². The van der Waals surface area contributed by atoms with Gasteiger partial charge < -0.3 is 19.3 Å². The number of benzene rings is 2. The van der Waals surface area contributed by atoms with Gasteiger partial charge in [0.1, 0.15) is 5.75 Å². The average molecular weight is 447 g/mol. The summed E-state index contributed by atoms with van der Waals surface area (Å²) in [5, 5.41) is 0. The Morgan fingerprint density at radius 3 is 2.64 bits per heavy atom. The number of ether oxygens (including phenoxy) is 2. The maximum Gasteiger partial charge on any atom is 0.336 e. The number of amides is 1. The third-order valence-electron chi connectivity index (χ3n) is 6.48. The second kappa shape index (κ2) is 9.94. The molecule has 1 unspecified atom stereocenters. The Balaban J connectivity index is 1.47. The number of nitrogens with zero attached hydrogens (tertiary/aromatic N) is 2. The third kappa shape index (κ3) is 4.80. The van der Waals surface area contributed by atoms with Crippen molar-refractivity contribution >= 4 is 11.9 Å². The number of esters is 1. The predicted molar refractivity (Wildman–Crippen MR) is 127 cm³/mol.